The summed E-state index contributed by atoms with van der Waals surface area (Å²) in [6.07, 6.45) is 2.46. The number of amides is 2. The molecule has 0 radical (unpaired) electrons. The summed E-state index contributed by atoms with van der Waals surface area (Å²) in [6.45, 7) is 0.580. The lowest BCUT2D eigenvalue weighted by Gasteiger charge is -2.33. The van der Waals surface area contributed by atoms with Crippen molar-refractivity contribution in [1.29, 1.82) is 0 Å². The first-order valence-electron chi connectivity index (χ1n) is 6.55. The van der Waals surface area contributed by atoms with Crippen molar-refractivity contribution in [1.82, 2.24) is 4.90 Å². The third-order valence-electron chi connectivity index (χ3n) is 3.33. The van der Waals surface area contributed by atoms with Crippen molar-refractivity contribution in [3.8, 4) is 0 Å². The molecule has 108 valence electrons. The topological polar surface area (TPSA) is 63.4 Å². The van der Waals surface area contributed by atoms with E-state index >= 15 is 0 Å². The molecule has 6 heteroatoms. The third-order valence-corrected chi connectivity index (χ3v) is 4.32. The highest BCUT2D eigenvalue weighted by atomic mass is 32.2. The molecule has 2 rings (SSSR count). The van der Waals surface area contributed by atoms with Gasteiger partial charge in [-0.3, -0.25) is 9.59 Å². The molecule has 0 bridgehead atoms. The second kappa shape index (κ2) is 6.74. The van der Waals surface area contributed by atoms with Crippen LogP contribution in [0.25, 0.3) is 0 Å². The van der Waals surface area contributed by atoms with E-state index in [-0.39, 0.29) is 17.5 Å². The molecule has 2 N–H and O–H groups in total. The Morgan fingerprint density at radius 1 is 1.30 bits per heavy atom. The fourth-order valence-electron chi connectivity index (χ4n) is 2.28. The number of nitrogens with two attached hydrogens (primary N) is 1. The number of likely N-dealkylation sites (tertiary alicyclic amines) is 1. The summed E-state index contributed by atoms with van der Waals surface area (Å²) in [5.74, 6) is -0.603. The number of piperidine rings is 1. The maximum absolute atomic E-state index is 12.8. The average molecular weight is 296 g/mol. The number of halogens is 1. The lowest BCUT2D eigenvalue weighted by molar-refractivity contribution is -0.138. The van der Waals surface area contributed by atoms with E-state index in [1.54, 1.807) is 17.0 Å². The molecule has 0 aromatic heterocycles. The number of carbonyl (C=O) groups excluding carboxylic acids is 2. The lowest BCUT2D eigenvalue weighted by Crippen LogP contribution is -2.51. The minimum atomic E-state index is -0.481. The van der Waals surface area contributed by atoms with Gasteiger partial charge in [0.05, 0.1) is 5.75 Å². The summed E-state index contributed by atoms with van der Waals surface area (Å²) in [7, 11) is 0. The van der Waals surface area contributed by atoms with Gasteiger partial charge in [0.15, 0.2) is 0 Å². The van der Waals surface area contributed by atoms with Gasteiger partial charge in [-0.05, 0) is 43.5 Å². The predicted octanol–water partition coefficient (Wildman–Crippen LogP) is 1.78. The van der Waals surface area contributed by atoms with Gasteiger partial charge in [0.2, 0.25) is 11.8 Å². The Hall–Kier alpha value is -1.56. The molecule has 1 aliphatic rings. The van der Waals surface area contributed by atoms with E-state index in [9.17, 15) is 14.0 Å². The van der Waals surface area contributed by atoms with Crippen LogP contribution in [0.15, 0.2) is 29.2 Å². The quantitative estimate of drug-likeness (QED) is 0.862. The van der Waals surface area contributed by atoms with E-state index in [4.69, 9.17) is 5.73 Å². The number of hydrogen-bond acceptors (Lipinski definition) is 3. The van der Waals surface area contributed by atoms with Gasteiger partial charge in [-0.1, -0.05) is 0 Å². The van der Waals surface area contributed by atoms with Crippen LogP contribution in [0.1, 0.15) is 19.3 Å². The van der Waals surface area contributed by atoms with Crippen LogP contribution in [0.4, 0.5) is 4.39 Å². The highest BCUT2D eigenvalue weighted by molar-refractivity contribution is 8.00. The number of rotatable bonds is 4. The normalized spacial score (nSPS) is 18.9. The Bertz CT molecular complexity index is 492. The smallest absolute Gasteiger partial charge is 0.240 e. The van der Waals surface area contributed by atoms with E-state index in [0.29, 0.717) is 13.0 Å². The first kappa shape index (κ1) is 14.8. The van der Waals surface area contributed by atoms with Crippen molar-refractivity contribution in [3.05, 3.63) is 30.1 Å². The Labute approximate surface area is 121 Å². The number of thioether (sulfide) groups is 1. The molecule has 1 aromatic carbocycles. The van der Waals surface area contributed by atoms with Crippen molar-refractivity contribution in [2.24, 2.45) is 5.73 Å². The molecular weight excluding hydrogens is 279 g/mol. The maximum Gasteiger partial charge on any atom is 0.240 e. The van der Waals surface area contributed by atoms with E-state index in [2.05, 4.69) is 0 Å². The van der Waals surface area contributed by atoms with Gasteiger partial charge in [-0.2, -0.15) is 0 Å². The van der Waals surface area contributed by atoms with Crippen LogP contribution in [0.5, 0.6) is 0 Å². The zero-order chi connectivity index (χ0) is 14.5. The van der Waals surface area contributed by atoms with Gasteiger partial charge in [0.25, 0.3) is 0 Å². The molecule has 0 aliphatic carbocycles. The van der Waals surface area contributed by atoms with Crippen LogP contribution < -0.4 is 5.73 Å². The third kappa shape index (κ3) is 3.72. The fraction of sp³-hybridized carbons (Fsp3) is 0.429. The molecule has 1 heterocycles. The van der Waals surface area contributed by atoms with Crippen molar-refractivity contribution in [2.75, 3.05) is 12.3 Å². The van der Waals surface area contributed by atoms with Crippen molar-refractivity contribution in [2.45, 2.75) is 30.2 Å². The van der Waals surface area contributed by atoms with E-state index in [1.807, 2.05) is 0 Å². The molecule has 4 nitrogen and oxygen atoms in total. The minimum absolute atomic E-state index is 0.0946. The fourth-order valence-corrected chi connectivity index (χ4v) is 3.07. The van der Waals surface area contributed by atoms with E-state index in [0.717, 1.165) is 17.7 Å². The van der Waals surface area contributed by atoms with Crippen molar-refractivity contribution in [3.63, 3.8) is 0 Å². The molecule has 1 atom stereocenters. The first-order chi connectivity index (χ1) is 9.58. The van der Waals surface area contributed by atoms with Crippen LogP contribution in [0.2, 0.25) is 0 Å². The Morgan fingerprint density at radius 3 is 2.65 bits per heavy atom. The van der Waals surface area contributed by atoms with Gasteiger partial charge in [-0.15, -0.1) is 11.8 Å². The average Bonchev–Trinajstić information content (AvgIpc) is 2.46. The van der Waals surface area contributed by atoms with Gasteiger partial charge in [-0.25, -0.2) is 4.39 Å². The zero-order valence-electron chi connectivity index (χ0n) is 11.0. The zero-order valence-corrected chi connectivity index (χ0v) is 11.9. The molecule has 2 amide bonds. The SMILES string of the molecule is NC(=O)C1CCCCN1C(=O)CSc1ccc(F)cc1. The van der Waals surface area contributed by atoms with Crippen LogP contribution >= 0.6 is 11.8 Å². The molecule has 0 saturated carbocycles. The van der Waals surface area contributed by atoms with Gasteiger partial charge in [0.1, 0.15) is 11.9 Å². The Kier molecular flexibility index (Phi) is 5.00. The molecule has 1 fully saturated rings. The molecule has 20 heavy (non-hydrogen) atoms. The number of carbonyl (C=O) groups is 2. The summed E-state index contributed by atoms with van der Waals surface area (Å²) in [5, 5.41) is 0. The second-order valence-corrected chi connectivity index (χ2v) is 5.79. The summed E-state index contributed by atoms with van der Waals surface area (Å²) in [4.78, 5) is 25.9. The van der Waals surface area contributed by atoms with Crippen LogP contribution in [0, 0.1) is 5.82 Å². The van der Waals surface area contributed by atoms with Gasteiger partial charge >= 0.3 is 0 Å². The Balaban J connectivity index is 1.93. The molecular formula is C14H17FN2O2S. The number of hydrogen-bond donors (Lipinski definition) is 1. The largest absolute Gasteiger partial charge is 0.368 e. The summed E-state index contributed by atoms with van der Waals surface area (Å²) in [5.41, 5.74) is 5.34. The van der Waals surface area contributed by atoms with E-state index < -0.39 is 11.9 Å². The van der Waals surface area contributed by atoms with Crippen molar-refractivity contribution < 1.29 is 14.0 Å². The predicted molar refractivity (Wildman–Crippen MR) is 75.7 cm³/mol. The molecule has 1 aromatic rings. The van der Waals surface area contributed by atoms with E-state index in [1.165, 1.54) is 23.9 Å². The Morgan fingerprint density at radius 2 is 2.00 bits per heavy atom. The minimum Gasteiger partial charge on any atom is -0.368 e. The lowest BCUT2D eigenvalue weighted by atomic mass is 10.0. The van der Waals surface area contributed by atoms with Crippen molar-refractivity contribution >= 4 is 23.6 Å². The number of primary amides is 1. The number of benzene rings is 1. The summed E-state index contributed by atoms with van der Waals surface area (Å²) in [6, 6.07) is 5.51. The molecule has 0 spiro atoms. The molecule has 1 saturated heterocycles. The standard InChI is InChI=1S/C14H17FN2O2S/c15-10-4-6-11(7-5-10)20-9-13(18)17-8-2-1-3-12(17)14(16)19/h4-7,12H,1-3,8-9H2,(H2,16,19). The molecule has 1 aliphatic heterocycles. The van der Waals surface area contributed by atoms with Crippen LogP contribution in [0.3, 0.4) is 0 Å². The highest BCUT2D eigenvalue weighted by Gasteiger charge is 2.30. The molecule has 1 unspecified atom stereocenters. The van der Waals surface area contributed by atoms with Crippen LogP contribution in [-0.4, -0.2) is 35.1 Å². The monoisotopic (exact) mass is 296 g/mol. The maximum atomic E-state index is 12.8. The van der Waals surface area contributed by atoms with Gasteiger partial charge in [0, 0.05) is 11.4 Å². The van der Waals surface area contributed by atoms with Crippen LogP contribution in [-0.2, 0) is 9.59 Å². The second-order valence-electron chi connectivity index (χ2n) is 4.74. The number of nitrogens with zero attached hydrogens (tertiary/aromatic N) is 1. The first-order valence-corrected chi connectivity index (χ1v) is 7.53. The summed E-state index contributed by atoms with van der Waals surface area (Å²) >= 11 is 1.33. The highest BCUT2D eigenvalue weighted by Crippen LogP contribution is 2.22. The summed E-state index contributed by atoms with van der Waals surface area (Å²) < 4.78 is 12.8. The van der Waals surface area contributed by atoms with Gasteiger partial charge < -0.3 is 10.6 Å².